The van der Waals surface area contributed by atoms with E-state index in [-0.39, 0.29) is 57.5 Å². The number of carboxylic acids is 2. The average molecular weight is 847 g/mol. The Morgan fingerprint density at radius 2 is 1.05 bits per heavy atom. The van der Waals surface area contributed by atoms with Gasteiger partial charge in [-0.3, -0.25) is 9.59 Å². The van der Waals surface area contributed by atoms with Crippen LogP contribution in [0.1, 0.15) is 87.6 Å². The third kappa shape index (κ3) is 10.3. The van der Waals surface area contributed by atoms with Crippen LogP contribution in [-0.4, -0.2) is 143 Å². The maximum Gasteiger partial charge on any atom is 0.347 e. The minimum atomic E-state index is -0.974. The van der Waals surface area contributed by atoms with Gasteiger partial charge in [-0.2, -0.15) is 0 Å². The van der Waals surface area contributed by atoms with Crippen molar-refractivity contribution in [1.29, 1.82) is 0 Å². The van der Waals surface area contributed by atoms with E-state index in [4.69, 9.17) is 18.9 Å². The number of hydrogen-bond acceptors (Lipinski definition) is 16. The number of imidazole rings is 2. The number of methoxy groups -OCH3 is 4. The standard InChI is InChI=1S/2C18H25N5O5S/c2*1-9-12(8-27-3)21-15(19-9)16(24)22-11-5-6-23(7-13(11)28-4)18-20-10(2)14(29-18)17(25)26/h2*11,13H,5-8H2,1-4H3,(H,19,21)(H,22,24)(H,25,26)/t2*11-,13+/m11/s1. The van der Waals surface area contributed by atoms with E-state index in [1.807, 2.05) is 23.6 Å². The Balaban J connectivity index is 0.000000221. The van der Waals surface area contributed by atoms with Gasteiger partial charge < -0.3 is 59.6 Å². The third-order valence-electron chi connectivity index (χ3n) is 9.82. The Kier molecular flexibility index (Phi) is 14.9. The minimum absolute atomic E-state index is 0.194. The van der Waals surface area contributed by atoms with Crippen molar-refractivity contribution in [2.75, 3.05) is 64.4 Å². The number of carboxylic acid groups (broad SMARTS) is 2. The number of amides is 2. The monoisotopic (exact) mass is 846 g/mol. The first kappa shape index (κ1) is 44.1. The highest BCUT2D eigenvalue weighted by molar-refractivity contribution is 7.17. The van der Waals surface area contributed by atoms with Gasteiger partial charge >= 0.3 is 11.9 Å². The number of aromatic amines is 2. The molecule has 0 aliphatic carbocycles. The number of hydrogen-bond donors (Lipinski definition) is 6. The maximum absolute atomic E-state index is 12.6. The molecule has 4 aromatic rings. The Morgan fingerprint density at radius 1 is 0.672 bits per heavy atom. The first-order valence-electron chi connectivity index (χ1n) is 18.3. The van der Waals surface area contributed by atoms with Crippen molar-refractivity contribution < 1.29 is 48.3 Å². The van der Waals surface area contributed by atoms with E-state index in [1.165, 1.54) is 0 Å². The van der Waals surface area contributed by atoms with Crippen LogP contribution in [0.5, 0.6) is 0 Å². The molecule has 4 atom stereocenters. The number of aryl methyl sites for hydroxylation is 4. The van der Waals surface area contributed by atoms with E-state index in [0.29, 0.717) is 85.3 Å². The number of carbonyl (C=O) groups is 4. The molecule has 2 aliphatic rings. The minimum Gasteiger partial charge on any atom is -0.477 e. The van der Waals surface area contributed by atoms with Crippen molar-refractivity contribution in [2.24, 2.45) is 0 Å². The second kappa shape index (κ2) is 19.6. The molecular formula is C36H50N10O10S2. The second-order valence-corrected chi connectivity index (χ2v) is 15.7. The maximum atomic E-state index is 12.6. The highest BCUT2D eigenvalue weighted by Gasteiger charge is 2.35. The van der Waals surface area contributed by atoms with Crippen molar-refractivity contribution >= 4 is 56.7 Å². The fourth-order valence-electron chi connectivity index (χ4n) is 6.66. The molecular weight excluding hydrogens is 797 g/mol. The van der Waals surface area contributed by atoms with Gasteiger partial charge in [-0.15, -0.1) is 0 Å². The summed E-state index contributed by atoms with van der Waals surface area (Å²) in [6, 6.07) is -0.389. The predicted molar refractivity (Wildman–Crippen MR) is 213 cm³/mol. The van der Waals surface area contributed by atoms with Gasteiger partial charge in [-0.25, -0.2) is 29.5 Å². The van der Waals surface area contributed by atoms with Crippen LogP contribution in [0.3, 0.4) is 0 Å². The second-order valence-electron chi connectivity index (χ2n) is 13.8. The molecule has 0 bridgehead atoms. The van der Waals surface area contributed by atoms with Crippen LogP contribution < -0.4 is 20.4 Å². The summed E-state index contributed by atoms with van der Waals surface area (Å²) >= 11 is 2.31. The quantitative estimate of drug-likeness (QED) is 0.107. The highest BCUT2D eigenvalue weighted by atomic mass is 32.1. The molecule has 0 spiro atoms. The highest BCUT2D eigenvalue weighted by Crippen LogP contribution is 2.30. The van der Waals surface area contributed by atoms with Crippen LogP contribution in [-0.2, 0) is 32.2 Å². The number of H-pyrrole nitrogens is 2. The zero-order valence-electron chi connectivity index (χ0n) is 33.6. The fourth-order valence-corrected chi connectivity index (χ4v) is 8.54. The summed E-state index contributed by atoms with van der Waals surface area (Å²) in [5.41, 5.74) is 3.99. The van der Waals surface area contributed by atoms with Crippen molar-refractivity contribution in [2.45, 2.75) is 78.0 Å². The largest absolute Gasteiger partial charge is 0.477 e. The number of piperidine rings is 2. The summed E-state index contributed by atoms with van der Waals surface area (Å²) in [7, 11) is 6.34. The Morgan fingerprint density at radius 3 is 1.36 bits per heavy atom. The van der Waals surface area contributed by atoms with E-state index in [1.54, 1.807) is 42.3 Å². The smallest absolute Gasteiger partial charge is 0.347 e. The Labute approximate surface area is 342 Å². The molecule has 0 radical (unpaired) electrons. The van der Waals surface area contributed by atoms with Crippen molar-refractivity contribution in [3.05, 3.63) is 55.6 Å². The molecule has 58 heavy (non-hydrogen) atoms. The van der Waals surface area contributed by atoms with Crippen LogP contribution in [0, 0.1) is 27.7 Å². The van der Waals surface area contributed by atoms with Crippen molar-refractivity contribution in [3.63, 3.8) is 0 Å². The molecule has 2 fully saturated rings. The van der Waals surface area contributed by atoms with Gasteiger partial charge in [-0.1, -0.05) is 22.7 Å². The summed E-state index contributed by atoms with van der Waals surface area (Å²) in [5.74, 6) is -2.05. The number of nitrogens with one attached hydrogen (secondary N) is 4. The van der Waals surface area contributed by atoms with Crippen LogP contribution in [0.4, 0.5) is 10.3 Å². The molecule has 20 nitrogen and oxygen atoms in total. The SMILES string of the molecule is COCc1nc(C(=O)N[C@@H]2CCN(c3nc(C)c(C(=O)O)s3)C[C@@H]2OC)[nH]c1C.COCc1nc(C(=O)N[C@@H]2CCN(c3nc(C)c(C(=O)O)s3)C[C@@H]2OC)[nH]c1C. The Hall–Kier alpha value is -5.00. The number of rotatable bonds is 14. The number of aromatic carboxylic acids is 2. The molecule has 22 heteroatoms. The van der Waals surface area contributed by atoms with Gasteiger partial charge in [0.15, 0.2) is 21.9 Å². The van der Waals surface area contributed by atoms with Gasteiger partial charge in [0.05, 0.1) is 60.3 Å². The van der Waals surface area contributed by atoms with Gasteiger partial charge in [0.2, 0.25) is 0 Å². The number of anilines is 2. The molecule has 6 N–H and O–H groups in total. The van der Waals surface area contributed by atoms with Gasteiger partial charge in [0.1, 0.15) is 9.75 Å². The summed E-state index contributed by atoms with van der Waals surface area (Å²) in [6.07, 6.45) is 0.741. The fraction of sp³-hybridized carbons (Fsp3) is 0.556. The third-order valence-corrected chi connectivity index (χ3v) is 12.2. The number of nitrogens with zero attached hydrogens (tertiary/aromatic N) is 6. The molecule has 2 aliphatic heterocycles. The van der Waals surface area contributed by atoms with Crippen LogP contribution in [0.25, 0.3) is 0 Å². The van der Waals surface area contributed by atoms with Crippen molar-refractivity contribution in [3.8, 4) is 0 Å². The van der Waals surface area contributed by atoms with Gasteiger partial charge in [0, 0.05) is 66.0 Å². The summed E-state index contributed by atoms with van der Waals surface area (Å²) in [4.78, 5) is 75.6. The molecule has 0 saturated carbocycles. The predicted octanol–water partition coefficient (Wildman–Crippen LogP) is 2.70. The lowest BCUT2D eigenvalue weighted by molar-refractivity contribution is 0.0537. The molecule has 0 unspecified atom stereocenters. The van der Waals surface area contributed by atoms with E-state index >= 15 is 0 Å². The van der Waals surface area contributed by atoms with Crippen LogP contribution in [0.2, 0.25) is 0 Å². The number of thiazole rings is 2. The zero-order valence-corrected chi connectivity index (χ0v) is 35.3. The molecule has 0 aromatic carbocycles. The lowest BCUT2D eigenvalue weighted by Gasteiger charge is -2.37. The van der Waals surface area contributed by atoms with E-state index in [0.717, 1.165) is 34.1 Å². The van der Waals surface area contributed by atoms with Crippen molar-refractivity contribution in [1.82, 2.24) is 40.5 Å². The molecule has 6 rings (SSSR count). The summed E-state index contributed by atoms with van der Waals surface area (Å²) < 4.78 is 21.4. The molecule has 2 amide bonds. The normalized spacial score (nSPS) is 19.4. The topological polar surface area (TPSA) is 259 Å². The van der Waals surface area contributed by atoms with Gasteiger partial charge in [-0.05, 0) is 40.5 Å². The first-order chi connectivity index (χ1) is 27.7. The van der Waals surface area contributed by atoms with Crippen LogP contribution in [0.15, 0.2) is 0 Å². The van der Waals surface area contributed by atoms with E-state index in [2.05, 4.69) is 40.5 Å². The lowest BCUT2D eigenvalue weighted by Crippen LogP contribution is -2.55. The molecule has 316 valence electrons. The van der Waals surface area contributed by atoms with E-state index in [9.17, 15) is 29.4 Å². The summed E-state index contributed by atoms with van der Waals surface area (Å²) in [5, 5.41) is 25.8. The first-order valence-corrected chi connectivity index (χ1v) is 20.0. The summed E-state index contributed by atoms with van der Waals surface area (Å²) in [6.45, 7) is 9.98. The zero-order chi connectivity index (χ0) is 42.3. The van der Waals surface area contributed by atoms with E-state index < -0.39 is 11.9 Å². The lowest BCUT2D eigenvalue weighted by atomic mass is 10.0. The molecule has 2 saturated heterocycles. The number of ether oxygens (including phenoxy) is 4. The molecule has 6 heterocycles. The number of carbonyl (C=O) groups excluding carboxylic acids is 2. The van der Waals surface area contributed by atoms with Gasteiger partial charge in [0.25, 0.3) is 11.8 Å². The average Bonchev–Trinajstić information content (AvgIpc) is 3.98. The number of aromatic nitrogens is 6. The van der Waals surface area contributed by atoms with Crippen LogP contribution >= 0.6 is 22.7 Å². The molecule has 4 aromatic heterocycles. The Bertz CT molecular complexity index is 1940.